The molecule has 0 radical (unpaired) electrons. The van der Waals surface area contributed by atoms with Crippen LogP contribution in [-0.4, -0.2) is 31.1 Å². The minimum Gasteiger partial charge on any atom is -0.497 e. The zero-order valence-corrected chi connectivity index (χ0v) is 17.9. The first-order chi connectivity index (χ1) is 15.0. The Morgan fingerprint density at radius 1 is 1.19 bits per heavy atom. The molecule has 7 nitrogen and oxygen atoms in total. The van der Waals surface area contributed by atoms with Crippen molar-refractivity contribution in [3.8, 4) is 5.75 Å². The molecule has 1 fully saturated rings. The number of ether oxygens (including phenoxy) is 1. The molecule has 31 heavy (non-hydrogen) atoms. The number of aryl methyl sites for hydroxylation is 1. The molecule has 1 aliphatic rings. The maximum atomic E-state index is 12.5. The largest absolute Gasteiger partial charge is 0.497 e. The molecule has 1 saturated heterocycles. The van der Waals surface area contributed by atoms with Gasteiger partial charge < -0.3 is 19.4 Å². The summed E-state index contributed by atoms with van der Waals surface area (Å²) in [5, 5.41) is 3.71. The summed E-state index contributed by atoms with van der Waals surface area (Å²) in [5.74, 6) is 1.40. The highest BCUT2D eigenvalue weighted by molar-refractivity contribution is 5.91. The van der Waals surface area contributed by atoms with Crippen LogP contribution in [0.5, 0.6) is 5.75 Å². The highest BCUT2D eigenvalue weighted by Gasteiger charge is 2.15. The minimum atomic E-state index is -0.418. The number of rotatable bonds is 6. The second kappa shape index (κ2) is 9.20. The van der Waals surface area contributed by atoms with E-state index in [4.69, 9.17) is 9.15 Å². The molecule has 3 heterocycles. The Kier molecular flexibility index (Phi) is 6.21. The molecule has 1 aliphatic heterocycles. The first-order valence-corrected chi connectivity index (χ1v) is 10.7. The molecule has 0 unspecified atom stereocenters. The summed E-state index contributed by atoms with van der Waals surface area (Å²) in [4.78, 5) is 31.7. The smallest absolute Gasteiger partial charge is 0.339 e. The number of hydrogen-bond acceptors (Lipinski definition) is 6. The molecule has 1 N–H and O–H groups in total. The summed E-state index contributed by atoms with van der Waals surface area (Å²) in [6.07, 6.45) is 5.83. The van der Waals surface area contributed by atoms with Crippen LogP contribution in [0.4, 0.5) is 11.5 Å². The van der Waals surface area contributed by atoms with Gasteiger partial charge in [0.1, 0.15) is 17.2 Å². The average molecular weight is 421 g/mol. The van der Waals surface area contributed by atoms with Crippen molar-refractivity contribution in [2.45, 2.75) is 39.0 Å². The molecule has 0 spiro atoms. The van der Waals surface area contributed by atoms with Crippen LogP contribution in [0.3, 0.4) is 0 Å². The van der Waals surface area contributed by atoms with Crippen molar-refractivity contribution in [3.63, 3.8) is 0 Å². The van der Waals surface area contributed by atoms with Crippen molar-refractivity contribution in [1.29, 1.82) is 0 Å². The topological polar surface area (TPSA) is 84.7 Å². The molecular weight excluding hydrogens is 394 g/mol. The minimum absolute atomic E-state index is 0.166. The van der Waals surface area contributed by atoms with Crippen molar-refractivity contribution >= 4 is 28.4 Å². The van der Waals surface area contributed by atoms with E-state index in [9.17, 15) is 9.59 Å². The number of methoxy groups -OCH3 is 1. The van der Waals surface area contributed by atoms with Crippen LogP contribution < -0.4 is 20.6 Å². The first kappa shape index (κ1) is 20.9. The molecule has 2 aromatic heterocycles. The van der Waals surface area contributed by atoms with Gasteiger partial charge in [-0.15, -0.1) is 0 Å². The van der Waals surface area contributed by atoms with E-state index in [0.29, 0.717) is 29.0 Å². The monoisotopic (exact) mass is 421 g/mol. The first-order valence-electron chi connectivity index (χ1n) is 10.7. The number of pyridine rings is 1. The second-order valence-electron chi connectivity index (χ2n) is 7.86. The number of piperidine rings is 1. The molecule has 1 aromatic carbocycles. The standard InChI is InChI=1S/C24H27N3O4/c1-16-19-8-7-18(30-2)14-21(19)31-24(29)20(16)9-11-23(28)26-17-6-10-22(25-15-17)27-12-4-3-5-13-27/h6-8,10,14-15H,3-5,9,11-13H2,1-2H3,(H,26,28). The molecule has 0 aliphatic carbocycles. The van der Waals surface area contributed by atoms with Gasteiger partial charge in [-0.3, -0.25) is 4.79 Å². The Labute approximate surface area is 181 Å². The third-order valence-corrected chi connectivity index (χ3v) is 5.81. The van der Waals surface area contributed by atoms with Crippen LogP contribution in [0.15, 0.2) is 45.7 Å². The van der Waals surface area contributed by atoms with E-state index in [0.717, 1.165) is 29.9 Å². The average Bonchev–Trinajstić information content (AvgIpc) is 2.79. The fourth-order valence-corrected chi connectivity index (χ4v) is 4.02. The lowest BCUT2D eigenvalue weighted by Crippen LogP contribution is -2.30. The fourth-order valence-electron chi connectivity index (χ4n) is 4.02. The number of carbonyl (C=O) groups excluding carboxylic acids is 1. The van der Waals surface area contributed by atoms with Gasteiger partial charge in [-0.1, -0.05) is 0 Å². The van der Waals surface area contributed by atoms with E-state index in [1.165, 1.54) is 19.3 Å². The number of nitrogens with zero attached hydrogens (tertiary/aromatic N) is 2. The number of amides is 1. The molecule has 3 aromatic rings. The van der Waals surface area contributed by atoms with Crippen molar-refractivity contribution in [1.82, 2.24) is 4.98 Å². The Bertz CT molecular complexity index is 1130. The van der Waals surface area contributed by atoms with E-state index < -0.39 is 5.63 Å². The molecule has 0 saturated carbocycles. The van der Waals surface area contributed by atoms with Gasteiger partial charge >= 0.3 is 5.63 Å². The van der Waals surface area contributed by atoms with E-state index >= 15 is 0 Å². The van der Waals surface area contributed by atoms with E-state index in [-0.39, 0.29) is 12.3 Å². The van der Waals surface area contributed by atoms with Crippen LogP contribution in [0.25, 0.3) is 11.0 Å². The molecule has 7 heteroatoms. The van der Waals surface area contributed by atoms with Gasteiger partial charge in [0.05, 0.1) is 19.0 Å². The van der Waals surface area contributed by atoms with Crippen LogP contribution in [0, 0.1) is 6.92 Å². The predicted octanol–water partition coefficient (Wildman–Crippen LogP) is 4.07. The molecular formula is C24H27N3O4. The normalized spacial score (nSPS) is 13.9. The Hall–Kier alpha value is -3.35. The third-order valence-electron chi connectivity index (χ3n) is 5.81. The maximum absolute atomic E-state index is 12.5. The van der Waals surface area contributed by atoms with Crippen molar-refractivity contribution in [2.24, 2.45) is 0 Å². The Balaban J connectivity index is 1.40. The summed E-state index contributed by atoms with van der Waals surface area (Å²) < 4.78 is 10.6. The number of benzene rings is 1. The van der Waals surface area contributed by atoms with Gasteiger partial charge in [0.15, 0.2) is 0 Å². The van der Waals surface area contributed by atoms with Crippen LogP contribution in [0.2, 0.25) is 0 Å². The zero-order valence-electron chi connectivity index (χ0n) is 17.9. The predicted molar refractivity (Wildman–Crippen MR) is 121 cm³/mol. The quantitative estimate of drug-likeness (QED) is 0.604. The summed E-state index contributed by atoms with van der Waals surface area (Å²) in [7, 11) is 1.57. The third kappa shape index (κ3) is 4.71. The number of anilines is 2. The molecule has 4 rings (SSSR count). The second-order valence-corrected chi connectivity index (χ2v) is 7.86. The molecule has 0 bridgehead atoms. The lowest BCUT2D eigenvalue weighted by atomic mass is 10.0. The van der Waals surface area contributed by atoms with Gasteiger partial charge in [-0.05, 0) is 62.4 Å². The number of fused-ring (bicyclic) bond motifs is 1. The number of hydrogen-bond donors (Lipinski definition) is 1. The fraction of sp³-hybridized carbons (Fsp3) is 0.375. The summed E-state index contributed by atoms with van der Waals surface area (Å²) >= 11 is 0. The molecule has 162 valence electrons. The summed E-state index contributed by atoms with van der Waals surface area (Å²) in [5.41, 5.74) is 2.06. The molecule has 0 atom stereocenters. The lowest BCUT2D eigenvalue weighted by Gasteiger charge is -2.27. The van der Waals surface area contributed by atoms with Crippen molar-refractivity contribution in [2.75, 3.05) is 30.4 Å². The molecule has 1 amide bonds. The van der Waals surface area contributed by atoms with Gasteiger partial charge in [0.25, 0.3) is 0 Å². The highest BCUT2D eigenvalue weighted by Crippen LogP contribution is 2.24. The van der Waals surface area contributed by atoms with Crippen molar-refractivity contribution < 1.29 is 13.9 Å². The van der Waals surface area contributed by atoms with Gasteiger partial charge in [-0.25, -0.2) is 9.78 Å². The zero-order chi connectivity index (χ0) is 21.8. The number of nitrogens with one attached hydrogen (secondary N) is 1. The van der Waals surface area contributed by atoms with Crippen LogP contribution in [0.1, 0.15) is 36.8 Å². The SMILES string of the molecule is COc1ccc2c(C)c(CCC(=O)Nc3ccc(N4CCCCC4)nc3)c(=O)oc2c1. The van der Waals surface area contributed by atoms with E-state index in [1.54, 1.807) is 19.4 Å². The van der Waals surface area contributed by atoms with Crippen LogP contribution in [-0.2, 0) is 11.2 Å². The van der Waals surface area contributed by atoms with Crippen LogP contribution >= 0.6 is 0 Å². The Morgan fingerprint density at radius 3 is 2.71 bits per heavy atom. The van der Waals surface area contributed by atoms with Gasteiger partial charge in [0.2, 0.25) is 5.91 Å². The number of carbonyl (C=O) groups is 1. The van der Waals surface area contributed by atoms with E-state index in [2.05, 4.69) is 15.2 Å². The van der Waals surface area contributed by atoms with Gasteiger partial charge in [-0.2, -0.15) is 0 Å². The Morgan fingerprint density at radius 2 is 2.00 bits per heavy atom. The summed E-state index contributed by atoms with van der Waals surface area (Å²) in [6.45, 7) is 3.93. The number of aromatic nitrogens is 1. The van der Waals surface area contributed by atoms with Crippen molar-refractivity contribution in [3.05, 3.63) is 58.1 Å². The maximum Gasteiger partial charge on any atom is 0.339 e. The summed E-state index contributed by atoms with van der Waals surface area (Å²) in [6, 6.07) is 9.20. The van der Waals surface area contributed by atoms with Gasteiger partial charge in [0, 0.05) is 36.5 Å². The van der Waals surface area contributed by atoms with E-state index in [1.807, 2.05) is 31.2 Å². The highest BCUT2D eigenvalue weighted by atomic mass is 16.5. The lowest BCUT2D eigenvalue weighted by molar-refractivity contribution is -0.116.